The molecule has 106 valence electrons. The lowest BCUT2D eigenvalue weighted by Crippen LogP contribution is -2.15. The van der Waals surface area contributed by atoms with Gasteiger partial charge >= 0.3 is 0 Å². The summed E-state index contributed by atoms with van der Waals surface area (Å²) in [6.45, 7) is 12.7. The summed E-state index contributed by atoms with van der Waals surface area (Å²) in [5, 5.41) is 0. The Bertz CT molecular complexity index is 652. The van der Waals surface area contributed by atoms with E-state index < -0.39 is 0 Å². The monoisotopic (exact) mass is 269 g/mol. The minimum Gasteiger partial charge on any atom is -0.384 e. The van der Waals surface area contributed by atoms with Crippen LogP contribution in [0.3, 0.4) is 0 Å². The molecule has 2 N–H and O–H groups in total. The van der Waals surface area contributed by atoms with Crippen LogP contribution in [0.1, 0.15) is 43.2 Å². The smallest absolute Gasteiger partial charge is 0.162 e. The van der Waals surface area contributed by atoms with Gasteiger partial charge in [0.05, 0.1) is 5.69 Å². The Hall–Kier alpha value is -1.90. The molecule has 0 spiro atoms. The Balaban J connectivity index is 2.64. The molecule has 0 atom stereocenters. The maximum absolute atomic E-state index is 5.96. The maximum atomic E-state index is 5.96. The van der Waals surface area contributed by atoms with Gasteiger partial charge in [0.2, 0.25) is 0 Å². The summed E-state index contributed by atoms with van der Waals surface area (Å²) in [7, 11) is 0. The second-order valence-corrected chi connectivity index (χ2v) is 6.50. The average Bonchev–Trinajstić information content (AvgIpc) is 2.32. The summed E-state index contributed by atoms with van der Waals surface area (Å²) in [6, 6.07) is 6.18. The van der Waals surface area contributed by atoms with E-state index in [1.54, 1.807) is 0 Å². The van der Waals surface area contributed by atoms with Gasteiger partial charge in [-0.15, -0.1) is 0 Å². The standard InChI is InChI=1S/C17H23N3/c1-10-7-12(3)13(8-11(10)2)16-19-14(17(4,5)6)9-15(18)20-16/h7-9H,1-6H3,(H2,18,19,20). The lowest BCUT2D eigenvalue weighted by Gasteiger charge is -2.19. The first-order valence-corrected chi connectivity index (χ1v) is 6.92. The van der Waals surface area contributed by atoms with E-state index in [0.717, 1.165) is 17.1 Å². The van der Waals surface area contributed by atoms with Crippen LogP contribution in [-0.4, -0.2) is 9.97 Å². The number of nitrogen functional groups attached to an aromatic ring is 1. The van der Waals surface area contributed by atoms with Crippen LogP contribution in [0.5, 0.6) is 0 Å². The lowest BCUT2D eigenvalue weighted by atomic mass is 9.91. The number of rotatable bonds is 1. The fourth-order valence-electron chi connectivity index (χ4n) is 2.17. The van der Waals surface area contributed by atoms with E-state index in [-0.39, 0.29) is 5.41 Å². The van der Waals surface area contributed by atoms with E-state index in [1.807, 2.05) is 6.07 Å². The first-order valence-electron chi connectivity index (χ1n) is 6.92. The summed E-state index contributed by atoms with van der Waals surface area (Å²) >= 11 is 0. The normalized spacial score (nSPS) is 11.7. The van der Waals surface area contributed by atoms with Crippen molar-refractivity contribution < 1.29 is 0 Å². The molecule has 1 aromatic heterocycles. The zero-order valence-corrected chi connectivity index (χ0v) is 13.2. The van der Waals surface area contributed by atoms with Crippen molar-refractivity contribution in [2.45, 2.75) is 47.0 Å². The third-order valence-corrected chi connectivity index (χ3v) is 3.60. The molecule has 0 saturated heterocycles. The van der Waals surface area contributed by atoms with Crippen LogP contribution in [0.15, 0.2) is 18.2 Å². The number of benzene rings is 1. The fourth-order valence-corrected chi connectivity index (χ4v) is 2.17. The number of aromatic nitrogens is 2. The highest BCUT2D eigenvalue weighted by molar-refractivity contribution is 5.63. The summed E-state index contributed by atoms with van der Waals surface area (Å²) in [6.07, 6.45) is 0. The first-order chi connectivity index (χ1) is 9.18. The van der Waals surface area contributed by atoms with Crippen molar-refractivity contribution in [3.05, 3.63) is 40.6 Å². The highest BCUT2D eigenvalue weighted by Gasteiger charge is 2.18. The van der Waals surface area contributed by atoms with Crippen molar-refractivity contribution in [2.75, 3.05) is 5.73 Å². The second kappa shape index (κ2) is 4.89. The number of nitrogens with zero attached hydrogens (tertiary/aromatic N) is 2. The summed E-state index contributed by atoms with van der Waals surface area (Å²) in [4.78, 5) is 9.13. The van der Waals surface area contributed by atoms with Crippen molar-refractivity contribution >= 4 is 5.82 Å². The topological polar surface area (TPSA) is 51.8 Å². The molecule has 0 saturated carbocycles. The number of hydrogen-bond acceptors (Lipinski definition) is 3. The molecule has 0 fully saturated rings. The number of nitrogens with two attached hydrogens (primary N) is 1. The number of anilines is 1. The Morgan fingerprint density at radius 3 is 2.05 bits per heavy atom. The molecule has 0 bridgehead atoms. The third-order valence-electron chi connectivity index (χ3n) is 3.60. The van der Waals surface area contributed by atoms with Gasteiger partial charge in [0, 0.05) is 17.0 Å². The summed E-state index contributed by atoms with van der Waals surface area (Å²) in [5.74, 6) is 1.24. The van der Waals surface area contributed by atoms with E-state index in [2.05, 4.69) is 58.7 Å². The number of hydrogen-bond donors (Lipinski definition) is 1. The molecule has 0 aliphatic carbocycles. The van der Waals surface area contributed by atoms with Gasteiger partial charge in [0.25, 0.3) is 0 Å². The van der Waals surface area contributed by atoms with Gasteiger partial charge in [-0.2, -0.15) is 0 Å². The van der Waals surface area contributed by atoms with Crippen LogP contribution in [0.25, 0.3) is 11.4 Å². The van der Waals surface area contributed by atoms with Crippen molar-refractivity contribution in [2.24, 2.45) is 0 Å². The predicted octanol–water partition coefficient (Wildman–Crippen LogP) is 3.95. The molecule has 0 amide bonds. The van der Waals surface area contributed by atoms with E-state index in [0.29, 0.717) is 5.82 Å². The highest BCUT2D eigenvalue weighted by Crippen LogP contribution is 2.28. The molecule has 3 nitrogen and oxygen atoms in total. The molecule has 1 aromatic carbocycles. The highest BCUT2D eigenvalue weighted by atomic mass is 15.0. The molecule has 0 unspecified atom stereocenters. The Morgan fingerprint density at radius 2 is 1.45 bits per heavy atom. The minimum atomic E-state index is -0.0422. The molecule has 1 heterocycles. The van der Waals surface area contributed by atoms with Crippen LogP contribution in [0, 0.1) is 20.8 Å². The largest absolute Gasteiger partial charge is 0.384 e. The molecule has 2 rings (SSSR count). The SMILES string of the molecule is Cc1cc(C)c(-c2nc(N)cc(C(C)(C)C)n2)cc1C. The Morgan fingerprint density at radius 1 is 0.850 bits per heavy atom. The Labute approximate surface area is 121 Å². The molecule has 0 aliphatic heterocycles. The van der Waals surface area contributed by atoms with Gasteiger partial charge in [-0.25, -0.2) is 9.97 Å². The third kappa shape index (κ3) is 2.82. The van der Waals surface area contributed by atoms with Gasteiger partial charge in [-0.1, -0.05) is 26.8 Å². The fraction of sp³-hybridized carbons (Fsp3) is 0.412. The summed E-state index contributed by atoms with van der Waals surface area (Å²) < 4.78 is 0. The van der Waals surface area contributed by atoms with Gasteiger partial charge in [0.1, 0.15) is 5.82 Å². The van der Waals surface area contributed by atoms with Crippen molar-refractivity contribution in [1.82, 2.24) is 9.97 Å². The van der Waals surface area contributed by atoms with E-state index >= 15 is 0 Å². The lowest BCUT2D eigenvalue weighted by molar-refractivity contribution is 0.568. The van der Waals surface area contributed by atoms with Crippen molar-refractivity contribution in [3.8, 4) is 11.4 Å². The maximum Gasteiger partial charge on any atom is 0.162 e. The molecule has 0 aliphatic rings. The number of aryl methyl sites for hydroxylation is 3. The Kier molecular flexibility index (Phi) is 3.55. The minimum absolute atomic E-state index is 0.0422. The average molecular weight is 269 g/mol. The molecule has 3 heteroatoms. The summed E-state index contributed by atoms with van der Waals surface area (Å²) in [5.41, 5.74) is 11.7. The van der Waals surface area contributed by atoms with Crippen molar-refractivity contribution in [3.63, 3.8) is 0 Å². The zero-order chi connectivity index (χ0) is 15.1. The molecular formula is C17H23N3. The van der Waals surface area contributed by atoms with Crippen LogP contribution < -0.4 is 5.73 Å². The van der Waals surface area contributed by atoms with Gasteiger partial charge in [-0.3, -0.25) is 0 Å². The molecule has 2 aromatic rings. The first kappa shape index (κ1) is 14.5. The van der Waals surface area contributed by atoms with Gasteiger partial charge < -0.3 is 5.73 Å². The van der Waals surface area contributed by atoms with Crippen LogP contribution in [0.2, 0.25) is 0 Å². The van der Waals surface area contributed by atoms with Crippen LogP contribution in [-0.2, 0) is 5.41 Å². The predicted molar refractivity (Wildman–Crippen MR) is 84.8 cm³/mol. The quantitative estimate of drug-likeness (QED) is 0.852. The van der Waals surface area contributed by atoms with E-state index in [9.17, 15) is 0 Å². The van der Waals surface area contributed by atoms with Crippen molar-refractivity contribution in [1.29, 1.82) is 0 Å². The molecule has 0 radical (unpaired) electrons. The van der Waals surface area contributed by atoms with Gasteiger partial charge in [-0.05, 0) is 43.5 Å². The second-order valence-electron chi connectivity index (χ2n) is 6.50. The van der Waals surface area contributed by atoms with E-state index in [1.165, 1.54) is 16.7 Å². The van der Waals surface area contributed by atoms with E-state index in [4.69, 9.17) is 10.7 Å². The zero-order valence-electron chi connectivity index (χ0n) is 13.2. The van der Waals surface area contributed by atoms with Crippen LogP contribution >= 0.6 is 0 Å². The molecule has 20 heavy (non-hydrogen) atoms. The van der Waals surface area contributed by atoms with Gasteiger partial charge in [0.15, 0.2) is 5.82 Å². The van der Waals surface area contributed by atoms with Crippen LogP contribution in [0.4, 0.5) is 5.82 Å². The molecular weight excluding hydrogens is 246 g/mol.